The Bertz CT molecular complexity index is 650. The van der Waals surface area contributed by atoms with E-state index >= 15 is 0 Å². The van der Waals surface area contributed by atoms with Crippen molar-refractivity contribution >= 4 is 25.0 Å². The molecule has 3 nitrogen and oxygen atoms in total. The van der Waals surface area contributed by atoms with Crippen LogP contribution in [0.15, 0.2) is 36.4 Å². The standard InChI is InChI=1S/C16H17O3P/c1-10-4-7-15(13(8-10)11(2)17)20-16-9-12(19-3)5-6-14(16)18/h4-9,18,20H,1-3H3. The highest BCUT2D eigenvalue weighted by molar-refractivity contribution is 7.56. The maximum Gasteiger partial charge on any atom is 0.160 e. The zero-order valence-electron chi connectivity index (χ0n) is 11.7. The molecule has 0 saturated carbocycles. The molecule has 0 fully saturated rings. The zero-order chi connectivity index (χ0) is 14.7. The van der Waals surface area contributed by atoms with Gasteiger partial charge in [-0.15, -0.1) is 0 Å². The monoisotopic (exact) mass is 288 g/mol. The summed E-state index contributed by atoms with van der Waals surface area (Å²) in [7, 11) is 1.80. The summed E-state index contributed by atoms with van der Waals surface area (Å²) in [4.78, 5) is 11.7. The van der Waals surface area contributed by atoms with Crippen LogP contribution in [-0.4, -0.2) is 18.0 Å². The van der Waals surface area contributed by atoms with Gasteiger partial charge >= 0.3 is 0 Å². The highest BCUT2D eigenvalue weighted by Crippen LogP contribution is 2.24. The number of rotatable bonds is 4. The van der Waals surface area contributed by atoms with Gasteiger partial charge in [-0.3, -0.25) is 4.79 Å². The molecular formula is C16H17O3P. The van der Waals surface area contributed by atoms with Crippen LogP contribution in [-0.2, 0) is 0 Å². The summed E-state index contributed by atoms with van der Waals surface area (Å²) < 4.78 is 5.17. The first-order valence-corrected chi connectivity index (χ1v) is 7.27. The van der Waals surface area contributed by atoms with Crippen molar-refractivity contribution in [1.82, 2.24) is 0 Å². The molecule has 0 heterocycles. The van der Waals surface area contributed by atoms with Gasteiger partial charge < -0.3 is 9.84 Å². The van der Waals surface area contributed by atoms with Crippen molar-refractivity contribution in [1.29, 1.82) is 0 Å². The van der Waals surface area contributed by atoms with E-state index in [1.165, 1.54) is 0 Å². The van der Waals surface area contributed by atoms with Gasteiger partial charge in [-0.2, -0.15) is 0 Å². The van der Waals surface area contributed by atoms with Crippen molar-refractivity contribution in [2.75, 3.05) is 7.11 Å². The second-order valence-electron chi connectivity index (χ2n) is 4.61. The van der Waals surface area contributed by atoms with Crippen LogP contribution >= 0.6 is 8.58 Å². The van der Waals surface area contributed by atoms with E-state index < -0.39 is 0 Å². The molecule has 104 valence electrons. The van der Waals surface area contributed by atoms with Gasteiger partial charge in [0.2, 0.25) is 0 Å². The molecule has 0 saturated heterocycles. The predicted octanol–water partition coefficient (Wildman–Crippen LogP) is 2.54. The van der Waals surface area contributed by atoms with Crippen molar-refractivity contribution in [3.63, 3.8) is 0 Å². The predicted molar refractivity (Wildman–Crippen MR) is 83.4 cm³/mol. The summed E-state index contributed by atoms with van der Waals surface area (Å²) in [5.74, 6) is 0.958. The van der Waals surface area contributed by atoms with Gasteiger partial charge in [0.25, 0.3) is 0 Å². The number of hydrogen-bond acceptors (Lipinski definition) is 3. The van der Waals surface area contributed by atoms with Crippen molar-refractivity contribution in [3.8, 4) is 11.5 Å². The number of methoxy groups -OCH3 is 1. The molecule has 0 aliphatic rings. The Balaban J connectivity index is 2.42. The summed E-state index contributed by atoms with van der Waals surface area (Å²) in [6.07, 6.45) is 0. The largest absolute Gasteiger partial charge is 0.507 e. The Hall–Kier alpha value is -1.86. The second-order valence-corrected chi connectivity index (χ2v) is 5.94. The van der Waals surface area contributed by atoms with Gasteiger partial charge in [0.1, 0.15) is 11.5 Å². The van der Waals surface area contributed by atoms with Crippen LogP contribution in [0.5, 0.6) is 11.5 Å². The second kappa shape index (κ2) is 6.06. The molecule has 2 rings (SSSR count). The van der Waals surface area contributed by atoms with Gasteiger partial charge in [-0.25, -0.2) is 0 Å². The molecule has 0 spiro atoms. The lowest BCUT2D eigenvalue weighted by atomic mass is 10.1. The highest BCUT2D eigenvalue weighted by Gasteiger charge is 2.11. The van der Waals surface area contributed by atoms with Gasteiger partial charge in [-0.1, -0.05) is 26.3 Å². The molecule has 0 aliphatic carbocycles. The third kappa shape index (κ3) is 3.17. The number of carbonyl (C=O) groups excluding carboxylic acids is 1. The fraction of sp³-hybridized carbons (Fsp3) is 0.188. The van der Waals surface area contributed by atoms with Crippen LogP contribution in [0.4, 0.5) is 0 Å². The number of ketones is 1. The molecule has 1 unspecified atom stereocenters. The molecule has 20 heavy (non-hydrogen) atoms. The lowest BCUT2D eigenvalue weighted by Gasteiger charge is -2.11. The minimum Gasteiger partial charge on any atom is -0.507 e. The van der Waals surface area contributed by atoms with Gasteiger partial charge in [0.05, 0.1) is 7.11 Å². The third-order valence-corrected chi connectivity index (χ3v) is 4.40. The maximum absolute atomic E-state index is 11.7. The van der Waals surface area contributed by atoms with E-state index in [2.05, 4.69) is 0 Å². The van der Waals surface area contributed by atoms with Gasteiger partial charge in [0.15, 0.2) is 5.78 Å². The molecular weight excluding hydrogens is 271 g/mol. The van der Waals surface area contributed by atoms with E-state index in [-0.39, 0.29) is 20.1 Å². The molecule has 1 atom stereocenters. The number of aryl methyl sites for hydroxylation is 1. The number of hydrogen-bond donors (Lipinski definition) is 1. The van der Waals surface area contributed by atoms with E-state index in [1.807, 2.05) is 25.1 Å². The number of Topliss-reactive ketones (excluding diaryl/α,β-unsaturated/α-hetero) is 1. The van der Waals surface area contributed by atoms with E-state index in [9.17, 15) is 9.90 Å². The third-order valence-electron chi connectivity index (χ3n) is 3.03. The van der Waals surface area contributed by atoms with E-state index in [0.29, 0.717) is 11.3 Å². The van der Waals surface area contributed by atoms with Crippen LogP contribution in [0, 0.1) is 6.92 Å². The smallest absolute Gasteiger partial charge is 0.160 e. The summed E-state index contributed by atoms with van der Waals surface area (Å²) in [5, 5.41) is 11.7. The number of carbonyl (C=O) groups is 1. The minimum atomic E-state index is 0.0404. The summed E-state index contributed by atoms with van der Waals surface area (Å²) in [6, 6.07) is 10.9. The number of ether oxygens (including phenoxy) is 1. The lowest BCUT2D eigenvalue weighted by molar-refractivity contribution is 0.101. The molecule has 0 bridgehead atoms. The molecule has 0 aromatic heterocycles. The van der Waals surface area contributed by atoms with E-state index in [4.69, 9.17) is 4.74 Å². The zero-order valence-corrected chi connectivity index (χ0v) is 12.7. The normalized spacial score (nSPS) is 10.9. The minimum absolute atomic E-state index is 0.0404. The number of benzene rings is 2. The van der Waals surface area contributed by atoms with Crippen LogP contribution in [0.2, 0.25) is 0 Å². The quantitative estimate of drug-likeness (QED) is 0.694. The molecule has 0 aliphatic heterocycles. The maximum atomic E-state index is 11.7. The van der Waals surface area contributed by atoms with Crippen molar-refractivity contribution < 1.29 is 14.6 Å². The molecule has 4 heteroatoms. The summed E-state index contributed by atoms with van der Waals surface area (Å²) in [6.45, 7) is 3.52. The van der Waals surface area contributed by atoms with Crippen LogP contribution in [0.1, 0.15) is 22.8 Å². The topological polar surface area (TPSA) is 46.5 Å². The van der Waals surface area contributed by atoms with Crippen molar-refractivity contribution in [2.24, 2.45) is 0 Å². The van der Waals surface area contributed by atoms with Gasteiger partial charge in [0, 0.05) is 10.9 Å². The van der Waals surface area contributed by atoms with E-state index in [0.717, 1.165) is 16.2 Å². The summed E-state index contributed by atoms with van der Waals surface area (Å²) >= 11 is 0. The van der Waals surface area contributed by atoms with E-state index in [1.54, 1.807) is 32.2 Å². The Morgan fingerprint density at radius 2 is 1.90 bits per heavy atom. The number of aromatic hydroxyl groups is 1. The van der Waals surface area contributed by atoms with Crippen LogP contribution < -0.4 is 15.3 Å². The molecule has 0 radical (unpaired) electrons. The molecule has 1 N–H and O–H groups in total. The number of phenols is 1. The summed E-state index contributed by atoms with van der Waals surface area (Å²) in [5.41, 5.74) is 1.77. The first kappa shape index (κ1) is 14.5. The highest BCUT2D eigenvalue weighted by atomic mass is 31.1. The molecule has 2 aromatic carbocycles. The first-order valence-electron chi connectivity index (χ1n) is 6.27. The van der Waals surface area contributed by atoms with Crippen molar-refractivity contribution in [3.05, 3.63) is 47.5 Å². The fourth-order valence-corrected chi connectivity index (χ4v) is 3.21. The molecule has 2 aromatic rings. The SMILES string of the molecule is COc1ccc(O)c(Pc2ccc(C)cc2C(C)=O)c1. The van der Waals surface area contributed by atoms with Crippen LogP contribution in [0.25, 0.3) is 0 Å². The average Bonchev–Trinajstić information content (AvgIpc) is 2.42. The van der Waals surface area contributed by atoms with Gasteiger partial charge in [-0.05, 0) is 43.4 Å². The Labute approximate surface area is 120 Å². The van der Waals surface area contributed by atoms with Crippen molar-refractivity contribution in [2.45, 2.75) is 13.8 Å². The average molecular weight is 288 g/mol. The Morgan fingerprint density at radius 1 is 1.15 bits per heavy atom. The number of phenolic OH excluding ortho intramolecular Hbond substituents is 1. The Kier molecular flexibility index (Phi) is 4.41. The lowest BCUT2D eigenvalue weighted by Crippen LogP contribution is -2.13. The van der Waals surface area contributed by atoms with Crippen LogP contribution in [0.3, 0.4) is 0 Å². The Morgan fingerprint density at radius 3 is 2.55 bits per heavy atom. The first-order chi connectivity index (χ1) is 9.51. The molecule has 0 amide bonds. The fourth-order valence-electron chi connectivity index (χ4n) is 1.95.